The highest BCUT2D eigenvalue weighted by atomic mass is 16.1. The molecule has 0 bridgehead atoms. The van der Waals surface area contributed by atoms with Gasteiger partial charge in [0.2, 0.25) is 0 Å². The molecule has 0 saturated carbocycles. The number of rotatable bonds is 5. The third-order valence-electron chi connectivity index (χ3n) is 4.96. The van der Waals surface area contributed by atoms with E-state index in [0.29, 0.717) is 11.1 Å². The molecule has 1 aromatic carbocycles. The number of nitrogens with zero attached hydrogens (tertiary/aromatic N) is 2. The number of piperidine rings is 1. The number of amides is 1. The van der Waals surface area contributed by atoms with Crippen molar-refractivity contribution in [3.63, 3.8) is 0 Å². The van der Waals surface area contributed by atoms with Gasteiger partial charge < -0.3 is 5.32 Å². The molecule has 5 nitrogen and oxygen atoms in total. The normalized spacial score (nSPS) is 15.6. The lowest BCUT2D eigenvalue weighted by atomic mass is 10.0. The first kappa shape index (κ1) is 18.3. The van der Waals surface area contributed by atoms with Crippen LogP contribution in [0.1, 0.15) is 51.6 Å². The number of aryl methyl sites for hydroxylation is 1. The maximum atomic E-state index is 12.5. The predicted molar refractivity (Wildman–Crippen MR) is 101 cm³/mol. The van der Waals surface area contributed by atoms with Crippen LogP contribution in [0.5, 0.6) is 0 Å². The van der Waals surface area contributed by atoms with Gasteiger partial charge in [-0.2, -0.15) is 0 Å². The summed E-state index contributed by atoms with van der Waals surface area (Å²) in [6.45, 7) is 6.25. The number of Topliss-reactive ketones (excluding diaryl/α,β-unsaturated/α-hetero) is 1. The van der Waals surface area contributed by atoms with Crippen molar-refractivity contribution in [1.29, 1.82) is 0 Å². The van der Waals surface area contributed by atoms with Crippen molar-refractivity contribution in [2.45, 2.75) is 39.3 Å². The average Bonchev–Trinajstić information content (AvgIpc) is 2.64. The molecule has 0 spiro atoms. The first-order valence-electron chi connectivity index (χ1n) is 9.06. The van der Waals surface area contributed by atoms with Crippen LogP contribution < -0.4 is 5.32 Å². The molecular weight excluding hydrogens is 326 g/mol. The second-order valence-electron chi connectivity index (χ2n) is 6.97. The zero-order valence-corrected chi connectivity index (χ0v) is 15.4. The molecule has 0 radical (unpaired) electrons. The van der Waals surface area contributed by atoms with Crippen LogP contribution in [-0.2, 0) is 6.54 Å². The van der Waals surface area contributed by atoms with E-state index in [0.717, 1.165) is 38.0 Å². The largest absolute Gasteiger partial charge is 0.349 e. The van der Waals surface area contributed by atoms with E-state index in [1.54, 1.807) is 12.1 Å². The molecule has 3 rings (SSSR count). The molecule has 26 heavy (non-hydrogen) atoms. The summed E-state index contributed by atoms with van der Waals surface area (Å²) in [4.78, 5) is 30.7. The molecule has 1 aliphatic heterocycles. The summed E-state index contributed by atoms with van der Waals surface area (Å²) < 4.78 is 0. The molecule has 1 amide bonds. The third kappa shape index (κ3) is 4.55. The van der Waals surface area contributed by atoms with Gasteiger partial charge in [0, 0.05) is 49.2 Å². The smallest absolute Gasteiger partial charge is 0.251 e. The second kappa shape index (κ2) is 8.23. The number of carbonyl (C=O) groups excluding carboxylic acids is 2. The molecule has 0 atom stereocenters. The molecule has 0 aliphatic carbocycles. The van der Waals surface area contributed by atoms with E-state index in [-0.39, 0.29) is 17.7 Å². The highest BCUT2D eigenvalue weighted by Gasteiger charge is 2.21. The first-order valence-corrected chi connectivity index (χ1v) is 9.06. The molecule has 2 aromatic rings. The van der Waals surface area contributed by atoms with Crippen molar-refractivity contribution in [2.75, 3.05) is 13.1 Å². The summed E-state index contributed by atoms with van der Waals surface area (Å²) in [5, 5.41) is 3.12. The number of nitrogens with one attached hydrogen (secondary N) is 1. The predicted octanol–water partition coefficient (Wildman–Crippen LogP) is 2.99. The molecular formula is C21H25N3O2. The summed E-state index contributed by atoms with van der Waals surface area (Å²) in [5.41, 5.74) is 3.34. The molecule has 1 aliphatic rings. The topological polar surface area (TPSA) is 62.3 Å². The number of ketones is 1. The number of likely N-dealkylation sites (tertiary alicyclic amines) is 1. The van der Waals surface area contributed by atoms with Gasteiger partial charge >= 0.3 is 0 Å². The van der Waals surface area contributed by atoms with Gasteiger partial charge in [-0.25, -0.2) is 0 Å². The standard InChI is InChI=1S/C21H25N3O2/c1-15-3-4-18(13-20(15)16(2)25)21(26)23-19-7-11-24(12-8-19)14-17-5-9-22-10-6-17/h3-6,9-10,13,19H,7-8,11-12,14H2,1-2H3,(H,23,26). The van der Waals surface area contributed by atoms with Gasteiger partial charge in [0.1, 0.15) is 0 Å². The number of carbonyl (C=O) groups is 2. The van der Waals surface area contributed by atoms with Crippen LogP contribution >= 0.6 is 0 Å². The fourth-order valence-corrected chi connectivity index (χ4v) is 3.39. The molecule has 5 heteroatoms. The zero-order chi connectivity index (χ0) is 18.5. The van der Waals surface area contributed by atoms with Crippen LogP contribution in [0, 0.1) is 6.92 Å². The Morgan fingerprint density at radius 3 is 2.50 bits per heavy atom. The first-order chi connectivity index (χ1) is 12.5. The Hall–Kier alpha value is -2.53. The average molecular weight is 351 g/mol. The summed E-state index contributed by atoms with van der Waals surface area (Å²) in [7, 11) is 0. The number of aromatic nitrogens is 1. The molecule has 2 heterocycles. The molecule has 1 fully saturated rings. The maximum absolute atomic E-state index is 12.5. The monoisotopic (exact) mass is 351 g/mol. The Morgan fingerprint density at radius 2 is 1.85 bits per heavy atom. The third-order valence-corrected chi connectivity index (χ3v) is 4.96. The van der Waals surface area contributed by atoms with Crippen molar-refractivity contribution in [3.05, 3.63) is 65.0 Å². The molecule has 1 saturated heterocycles. The van der Waals surface area contributed by atoms with Crippen LogP contribution in [0.15, 0.2) is 42.7 Å². The van der Waals surface area contributed by atoms with Crippen molar-refractivity contribution >= 4 is 11.7 Å². The zero-order valence-electron chi connectivity index (χ0n) is 15.4. The Balaban J connectivity index is 1.53. The fourth-order valence-electron chi connectivity index (χ4n) is 3.39. The Kier molecular flexibility index (Phi) is 5.78. The van der Waals surface area contributed by atoms with Crippen LogP contribution in [0.3, 0.4) is 0 Å². The van der Waals surface area contributed by atoms with E-state index in [9.17, 15) is 9.59 Å². The van der Waals surface area contributed by atoms with E-state index in [4.69, 9.17) is 0 Å². The van der Waals surface area contributed by atoms with Gasteiger partial charge in [-0.05, 0) is 62.1 Å². The van der Waals surface area contributed by atoms with E-state index in [1.165, 1.54) is 12.5 Å². The van der Waals surface area contributed by atoms with E-state index in [2.05, 4.69) is 15.2 Å². The van der Waals surface area contributed by atoms with Gasteiger partial charge in [0.25, 0.3) is 5.91 Å². The summed E-state index contributed by atoms with van der Waals surface area (Å²) in [6, 6.07) is 9.58. The van der Waals surface area contributed by atoms with Crippen molar-refractivity contribution in [2.24, 2.45) is 0 Å². The fraction of sp³-hybridized carbons (Fsp3) is 0.381. The van der Waals surface area contributed by atoms with E-state index >= 15 is 0 Å². The molecule has 1 N–H and O–H groups in total. The van der Waals surface area contributed by atoms with Crippen molar-refractivity contribution < 1.29 is 9.59 Å². The second-order valence-corrected chi connectivity index (χ2v) is 6.97. The lowest BCUT2D eigenvalue weighted by Gasteiger charge is -2.32. The Bertz CT molecular complexity index is 781. The summed E-state index contributed by atoms with van der Waals surface area (Å²) in [5.74, 6) is -0.110. The minimum Gasteiger partial charge on any atom is -0.349 e. The maximum Gasteiger partial charge on any atom is 0.251 e. The lowest BCUT2D eigenvalue weighted by molar-refractivity contribution is 0.0909. The number of benzene rings is 1. The summed E-state index contributed by atoms with van der Waals surface area (Å²) in [6.07, 6.45) is 5.50. The van der Waals surface area contributed by atoms with Crippen LogP contribution in [0.25, 0.3) is 0 Å². The van der Waals surface area contributed by atoms with Gasteiger partial charge in [-0.1, -0.05) is 6.07 Å². The van der Waals surface area contributed by atoms with E-state index < -0.39 is 0 Å². The van der Waals surface area contributed by atoms with Crippen molar-refractivity contribution in [3.8, 4) is 0 Å². The number of hydrogen-bond acceptors (Lipinski definition) is 4. The quantitative estimate of drug-likeness (QED) is 0.841. The van der Waals surface area contributed by atoms with Crippen LogP contribution in [0.2, 0.25) is 0 Å². The summed E-state index contributed by atoms with van der Waals surface area (Å²) >= 11 is 0. The lowest BCUT2D eigenvalue weighted by Crippen LogP contribution is -2.44. The highest BCUT2D eigenvalue weighted by Crippen LogP contribution is 2.16. The van der Waals surface area contributed by atoms with Gasteiger partial charge in [-0.15, -0.1) is 0 Å². The van der Waals surface area contributed by atoms with Crippen molar-refractivity contribution in [1.82, 2.24) is 15.2 Å². The molecule has 0 unspecified atom stereocenters. The number of pyridine rings is 1. The Labute approximate surface area is 154 Å². The van der Waals surface area contributed by atoms with Crippen LogP contribution in [-0.4, -0.2) is 40.7 Å². The van der Waals surface area contributed by atoms with Gasteiger partial charge in [0.05, 0.1) is 0 Å². The van der Waals surface area contributed by atoms with Gasteiger partial charge in [-0.3, -0.25) is 19.5 Å². The Morgan fingerprint density at radius 1 is 1.15 bits per heavy atom. The molecule has 1 aromatic heterocycles. The molecule has 136 valence electrons. The number of hydrogen-bond donors (Lipinski definition) is 1. The highest BCUT2D eigenvalue weighted by molar-refractivity contribution is 6.00. The minimum absolute atomic E-state index is 0.0124. The van der Waals surface area contributed by atoms with Crippen LogP contribution in [0.4, 0.5) is 0 Å². The van der Waals surface area contributed by atoms with Gasteiger partial charge in [0.15, 0.2) is 5.78 Å². The minimum atomic E-state index is -0.0971. The SMILES string of the molecule is CC(=O)c1cc(C(=O)NC2CCN(Cc3ccncc3)CC2)ccc1C. The van der Waals surface area contributed by atoms with E-state index in [1.807, 2.05) is 37.5 Å².